The van der Waals surface area contributed by atoms with Crippen LogP contribution in [0.15, 0.2) is 42.0 Å². The predicted molar refractivity (Wildman–Crippen MR) is 107 cm³/mol. The van der Waals surface area contributed by atoms with Crippen molar-refractivity contribution in [3.63, 3.8) is 0 Å². The van der Waals surface area contributed by atoms with Gasteiger partial charge in [-0.2, -0.15) is 5.26 Å². The lowest BCUT2D eigenvalue weighted by atomic mass is 10.0. The summed E-state index contributed by atoms with van der Waals surface area (Å²) in [5.41, 5.74) is 4.54. The number of amides is 1. The van der Waals surface area contributed by atoms with E-state index in [0.717, 1.165) is 22.4 Å². The van der Waals surface area contributed by atoms with Gasteiger partial charge in [-0.3, -0.25) is 4.79 Å². The molecule has 0 fully saturated rings. The minimum Gasteiger partial charge on any atom is -0.491 e. The molecule has 0 atom stereocenters. The third-order valence-corrected chi connectivity index (χ3v) is 4.01. The van der Waals surface area contributed by atoms with E-state index in [1.807, 2.05) is 57.2 Å². The Morgan fingerprint density at radius 2 is 1.85 bits per heavy atom. The van der Waals surface area contributed by atoms with E-state index in [1.165, 1.54) is 0 Å². The van der Waals surface area contributed by atoms with Gasteiger partial charge in [0.1, 0.15) is 24.0 Å². The Morgan fingerprint density at radius 1 is 1.15 bits per heavy atom. The van der Waals surface area contributed by atoms with Crippen LogP contribution in [-0.4, -0.2) is 26.2 Å². The Morgan fingerprint density at radius 3 is 2.48 bits per heavy atom. The molecule has 0 spiro atoms. The summed E-state index contributed by atoms with van der Waals surface area (Å²) in [5, 5.41) is 12.3. The van der Waals surface area contributed by atoms with Crippen molar-refractivity contribution in [3.05, 3.63) is 64.2 Å². The highest BCUT2D eigenvalue weighted by atomic mass is 16.5. The summed E-state index contributed by atoms with van der Waals surface area (Å²) >= 11 is 0. The molecule has 5 nitrogen and oxygen atoms in total. The average Bonchev–Trinajstić information content (AvgIpc) is 2.63. The molecule has 0 aromatic heterocycles. The third kappa shape index (κ3) is 5.70. The van der Waals surface area contributed by atoms with Crippen LogP contribution in [0.5, 0.6) is 5.75 Å². The van der Waals surface area contributed by atoms with Gasteiger partial charge in [-0.05, 0) is 55.7 Å². The fourth-order valence-electron chi connectivity index (χ4n) is 2.81. The van der Waals surface area contributed by atoms with E-state index in [0.29, 0.717) is 24.5 Å². The summed E-state index contributed by atoms with van der Waals surface area (Å²) < 4.78 is 10.5. The maximum Gasteiger partial charge on any atom is 0.266 e. The van der Waals surface area contributed by atoms with E-state index in [9.17, 15) is 10.1 Å². The van der Waals surface area contributed by atoms with Crippen molar-refractivity contribution in [2.45, 2.75) is 20.8 Å². The first kappa shape index (κ1) is 20.2. The molecule has 2 rings (SSSR count). The van der Waals surface area contributed by atoms with E-state index in [-0.39, 0.29) is 5.57 Å². The van der Waals surface area contributed by atoms with E-state index in [2.05, 4.69) is 5.32 Å². The smallest absolute Gasteiger partial charge is 0.266 e. The Kier molecular flexibility index (Phi) is 7.16. The fraction of sp³-hybridized carbons (Fsp3) is 0.273. The SMILES string of the molecule is COCCOc1cccc(/C=C(\C#N)C(=O)Nc2c(C)cc(C)cc2C)c1. The van der Waals surface area contributed by atoms with Crippen LogP contribution in [0.4, 0.5) is 5.69 Å². The first-order valence-electron chi connectivity index (χ1n) is 8.67. The molecule has 2 aromatic rings. The number of benzene rings is 2. The molecule has 140 valence electrons. The molecule has 0 heterocycles. The van der Waals surface area contributed by atoms with Gasteiger partial charge in [0.15, 0.2) is 0 Å². The lowest BCUT2D eigenvalue weighted by molar-refractivity contribution is -0.112. The Bertz CT molecular complexity index is 872. The minimum absolute atomic E-state index is 0.0309. The van der Waals surface area contributed by atoms with Crippen molar-refractivity contribution in [3.8, 4) is 11.8 Å². The van der Waals surface area contributed by atoms with E-state index >= 15 is 0 Å². The number of carbonyl (C=O) groups excluding carboxylic acids is 1. The zero-order chi connectivity index (χ0) is 19.8. The summed E-state index contributed by atoms with van der Waals surface area (Å²) in [6, 6.07) is 13.2. The summed E-state index contributed by atoms with van der Waals surface area (Å²) in [5.74, 6) is 0.224. The molecule has 0 aliphatic rings. The fourth-order valence-corrected chi connectivity index (χ4v) is 2.81. The van der Waals surface area contributed by atoms with Crippen molar-refractivity contribution in [1.82, 2.24) is 0 Å². The molecule has 0 aliphatic carbocycles. The molecule has 0 saturated heterocycles. The van der Waals surface area contributed by atoms with Crippen LogP contribution in [0.25, 0.3) is 6.08 Å². The molecule has 0 radical (unpaired) electrons. The van der Waals surface area contributed by atoms with E-state index in [4.69, 9.17) is 9.47 Å². The number of rotatable bonds is 7. The zero-order valence-corrected chi connectivity index (χ0v) is 16.1. The monoisotopic (exact) mass is 364 g/mol. The van der Waals surface area contributed by atoms with Crippen LogP contribution in [0.1, 0.15) is 22.3 Å². The Hall–Kier alpha value is -3.10. The van der Waals surface area contributed by atoms with Gasteiger partial charge in [0.05, 0.1) is 6.61 Å². The minimum atomic E-state index is -0.432. The van der Waals surface area contributed by atoms with Gasteiger partial charge >= 0.3 is 0 Å². The molecule has 27 heavy (non-hydrogen) atoms. The average molecular weight is 364 g/mol. The first-order valence-corrected chi connectivity index (χ1v) is 8.67. The normalized spacial score (nSPS) is 11.0. The van der Waals surface area contributed by atoms with Gasteiger partial charge in [-0.25, -0.2) is 0 Å². The van der Waals surface area contributed by atoms with E-state index in [1.54, 1.807) is 19.3 Å². The lowest BCUT2D eigenvalue weighted by Crippen LogP contribution is -2.15. The number of hydrogen-bond donors (Lipinski definition) is 1. The van der Waals surface area contributed by atoms with Crippen molar-refractivity contribution in [1.29, 1.82) is 5.26 Å². The molecule has 2 aromatic carbocycles. The topological polar surface area (TPSA) is 71.3 Å². The number of carbonyl (C=O) groups is 1. The van der Waals surface area contributed by atoms with Gasteiger partial charge in [-0.15, -0.1) is 0 Å². The van der Waals surface area contributed by atoms with Gasteiger partial charge in [-0.1, -0.05) is 29.8 Å². The molecule has 0 bridgehead atoms. The number of ether oxygens (including phenoxy) is 2. The summed E-state index contributed by atoms with van der Waals surface area (Å²) in [6.07, 6.45) is 1.55. The van der Waals surface area contributed by atoms with Crippen LogP contribution < -0.4 is 10.1 Å². The zero-order valence-electron chi connectivity index (χ0n) is 16.1. The second-order valence-electron chi connectivity index (χ2n) is 6.31. The van der Waals surface area contributed by atoms with Crippen molar-refractivity contribution in [2.24, 2.45) is 0 Å². The molecule has 1 N–H and O–H groups in total. The van der Waals surface area contributed by atoms with E-state index < -0.39 is 5.91 Å². The number of anilines is 1. The number of hydrogen-bond acceptors (Lipinski definition) is 4. The highest BCUT2D eigenvalue weighted by Gasteiger charge is 2.13. The molecular formula is C22H24N2O3. The standard InChI is InChI=1S/C22H24N2O3/c1-15-10-16(2)21(17(3)11-15)24-22(25)19(14-23)12-18-6-5-7-20(13-18)27-9-8-26-4/h5-7,10-13H,8-9H2,1-4H3,(H,24,25)/b19-12+. The van der Waals surface area contributed by atoms with Crippen LogP contribution in [0.3, 0.4) is 0 Å². The Labute approximate surface area is 160 Å². The number of nitrogens with one attached hydrogen (secondary N) is 1. The van der Waals surface area contributed by atoms with Crippen LogP contribution >= 0.6 is 0 Å². The van der Waals surface area contributed by atoms with Gasteiger partial charge in [0.2, 0.25) is 0 Å². The van der Waals surface area contributed by atoms with Gasteiger partial charge in [0, 0.05) is 12.8 Å². The Balaban J connectivity index is 2.20. The third-order valence-electron chi connectivity index (χ3n) is 4.01. The quantitative estimate of drug-likeness (QED) is 0.454. The molecule has 0 saturated carbocycles. The highest BCUT2D eigenvalue weighted by molar-refractivity contribution is 6.10. The van der Waals surface area contributed by atoms with Crippen LogP contribution in [0.2, 0.25) is 0 Å². The molecular weight excluding hydrogens is 340 g/mol. The maximum absolute atomic E-state index is 12.6. The van der Waals surface area contributed by atoms with Gasteiger partial charge in [0.25, 0.3) is 5.91 Å². The summed E-state index contributed by atoms with van der Waals surface area (Å²) in [6.45, 7) is 6.80. The summed E-state index contributed by atoms with van der Waals surface area (Å²) in [7, 11) is 1.61. The van der Waals surface area contributed by atoms with Crippen molar-refractivity contribution >= 4 is 17.7 Å². The first-order chi connectivity index (χ1) is 12.9. The molecule has 0 aliphatic heterocycles. The van der Waals surface area contributed by atoms with Crippen molar-refractivity contribution < 1.29 is 14.3 Å². The maximum atomic E-state index is 12.6. The predicted octanol–water partition coefficient (Wildman–Crippen LogP) is 4.18. The van der Waals surface area contributed by atoms with Crippen LogP contribution in [-0.2, 0) is 9.53 Å². The number of nitriles is 1. The summed E-state index contributed by atoms with van der Waals surface area (Å²) in [4.78, 5) is 12.6. The highest BCUT2D eigenvalue weighted by Crippen LogP contribution is 2.23. The largest absolute Gasteiger partial charge is 0.491 e. The van der Waals surface area contributed by atoms with Gasteiger partial charge < -0.3 is 14.8 Å². The van der Waals surface area contributed by atoms with Crippen LogP contribution in [0, 0.1) is 32.1 Å². The lowest BCUT2D eigenvalue weighted by Gasteiger charge is -2.12. The second-order valence-corrected chi connectivity index (χ2v) is 6.31. The number of nitrogens with zero attached hydrogens (tertiary/aromatic N) is 1. The molecule has 5 heteroatoms. The second kappa shape index (κ2) is 9.56. The number of aryl methyl sites for hydroxylation is 3. The number of methoxy groups -OCH3 is 1. The van der Waals surface area contributed by atoms with Crippen molar-refractivity contribution in [2.75, 3.05) is 25.6 Å². The molecule has 1 amide bonds. The molecule has 0 unspecified atom stereocenters.